The first-order valence-electron chi connectivity index (χ1n) is 14.6. The van der Waals surface area contributed by atoms with Gasteiger partial charge in [-0.1, -0.05) is 6.58 Å². The SMILES string of the molecule is C=C(C)C(=O)OCCOCCO.O=C(O)CC(O)C(=O)O.O=C(O)CC(O)C(=O)O.O=C(O)CC(O)C(=O)O.OCCOCCO.OCCOCCO. The topological polar surface area (TPSA) is 440 Å². The fourth-order valence-electron chi connectivity index (χ4n) is 1.70. The van der Waals surface area contributed by atoms with Crippen LogP contribution in [-0.4, -0.2) is 211 Å². The fourth-order valence-corrected chi connectivity index (χ4v) is 1.70. The molecule has 314 valence electrons. The molecular formula is C28H52O25. The van der Waals surface area contributed by atoms with Crippen molar-refractivity contribution in [1.29, 1.82) is 0 Å². The lowest BCUT2D eigenvalue weighted by atomic mass is 10.3. The van der Waals surface area contributed by atoms with Crippen molar-refractivity contribution in [1.82, 2.24) is 0 Å². The van der Waals surface area contributed by atoms with Crippen LogP contribution >= 0.6 is 0 Å². The molecule has 14 N–H and O–H groups in total. The molecule has 0 bridgehead atoms. The van der Waals surface area contributed by atoms with Crippen LogP contribution in [-0.2, 0) is 52.5 Å². The summed E-state index contributed by atoms with van der Waals surface area (Å²) < 4.78 is 18.8. The van der Waals surface area contributed by atoms with Crippen molar-refractivity contribution in [3.63, 3.8) is 0 Å². The van der Waals surface area contributed by atoms with Gasteiger partial charge in [0.2, 0.25) is 0 Å². The molecule has 25 heteroatoms. The second-order valence-corrected chi connectivity index (χ2v) is 8.73. The molecule has 0 radical (unpaired) electrons. The van der Waals surface area contributed by atoms with E-state index in [0.717, 1.165) is 0 Å². The van der Waals surface area contributed by atoms with Crippen molar-refractivity contribution in [3.8, 4) is 0 Å². The lowest BCUT2D eigenvalue weighted by Gasteiger charge is -2.03. The van der Waals surface area contributed by atoms with Gasteiger partial charge in [-0.3, -0.25) is 14.4 Å². The summed E-state index contributed by atoms with van der Waals surface area (Å²) >= 11 is 0. The molecule has 3 unspecified atom stereocenters. The van der Waals surface area contributed by atoms with Crippen LogP contribution in [0.4, 0.5) is 0 Å². The Morgan fingerprint density at radius 1 is 0.453 bits per heavy atom. The Bertz CT molecular complexity index is 876. The monoisotopic (exact) mass is 788 g/mol. The zero-order valence-electron chi connectivity index (χ0n) is 28.8. The number of rotatable bonds is 23. The highest BCUT2D eigenvalue weighted by Crippen LogP contribution is 1.92. The van der Waals surface area contributed by atoms with E-state index >= 15 is 0 Å². The highest BCUT2D eigenvalue weighted by atomic mass is 16.6. The quantitative estimate of drug-likeness (QED) is 0.0261. The molecule has 0 saturated carbocycles. The number of esters is 1. The standard InChI is InChI=1S/C8H14O4.3C4H6O5.2C4H10O3/c1-7(2)8(10)12-6-5-11-4-3-9;3*5-2(4(8)9)1-3(6)7;2*5-1-3-7-4-2-6/h9H,1,3-6H2,2H3;3*2,5H,1H2,(H,6,7)(H,8,9);2*5-6H,1-4H2. The van der Waals surface area contributed by atoms with Gasteiger partial charge in [0.1, 0.15) is 6.61 Å². The average Bonchev–Trinajstić information content (AvgIpc) is 3.05. The highest BCUT2D eigenvalue weighted by molar-refractivity contribution is 5.86. The number of ether oxygens (including phenoxy) is 4. The van der Waals surface area contributed by atoms with Gasteiger partial charge in [0.15, 0.2) is 18.3 Å². The van der Waals surface area contributed by atoms with Gasteiger partial charge in [-0.25, -0.2) is 19.2 Å². The minimum absolute atomic E-state index is 0.0194. The molecule has 53 heavy (non-hydrogen) atoms. The van der Waals surface area contributed by atoms with E-state index in [4.69, 9.17) is 81.0 Å². The van der Waals surface area contributed by atoms with Gasteiger partial charge in [0.25, 0.3) is 0 Å². The third kappa shape index (κ3) is 66.4. The maximum absolute atomic E-state index is 10.7. The zero-order valence-corrected chi connectivity index (χ0v) is 28.8. The van der Waals surface area contributed by atoms with Crippen molar-refractivity contribution in [3.05, 3.63) is 12.2 Å². The molecule has 3 atom stereocenters. The number of carbonyl (C=O) groups is 7. The van der Waals surface area contributed by atoms with E-state index in [0.29, 0.717) is 38.6 Å². The molecule has 0 aliphatic carbocycles. The van der Waals surface area contributed by atoms with Crippen LogP contribution in [0.5, 0.6) is 0 Å². The summed E-state index contributed by atoms with van der Waals surface area (Å²) in [4.78, 5) is 69.0. The first-order valence-corrected chi connectivity index (χ1v) is 14.6. The van der Waals surface area contributed by atoms with E-state index in [-0.39, 0.29) is 46.2 Å². The second kappa shape index (κ2) is 45.6. The van der Waals surface area contributed by atoms with E-state index in [9.17, 15) is 33.6 Å². The van der Waals surface area contributed by atoms with Crippen LogP contribution in [0, 0.1) is 0 Å². The summed E-state index contributed by atoms with van der Waals surface area (Å²) in [5.41, 5.74) is 0.372. The highest BCUT2D eigenvalue weighted by Gasteiger charge is 2.17. The lowest BCUT2D eigenvalue weighted by Crippen LogP contribution is -2.22. The van der Waals surface area contributed by atoms with Gasteiger partial charge in [-0.15, -0.1) is 0 Å². The fraction of sp³-hybridized carbons (Fsp3) is 0.679. The number of aliphatic carboxylic acids is 6. The predicted octanol–water partition coefficient (Wildman–Crippen LogP) is -5.19. The summed E-state index contributed by atoms with van der Waals surface area (Å²) in [5, 5.41) is 113. The van der Waals surface area contributed by atoms with Crippen molar-refractivity contribution in [2.24, 2.45) is 0 Å². The maximum atomic E-state index is 10.7. The molecule has 0 spiro atoms. The Hall–Kier alpha value is -4.41. The van der Waals surface area contributed by atoms with Crippen LogP contribution in [0.25, 0.3) is 0 Å². The number of carboxylic acid groups (broad SMARTS) is 6. The molecule has 0 rings (SSSR count). The number of hydrogen-bond acceptors (Lipinski definition) is 19. The molecule has 25 nitrogen and oxygen atoms in total. The molecule has 0 amide bonds. The van der Waals surface area contributed by atoms with E-state index in [2.05, 4.69) is 16.1 Å². The van der Waals surface area contributed by atoms with Crippen molar-refractivity contribution in [2.75, 3.05) is 79.3 Å². The van der Waals surface area contributed by atoms with E-state index < -0.39 is 79.4 Å². The molecule has 0 aliphatic heterocycles. The summed E-state index contributed by atoms with van der Waals surface area (Å²) in [7, 11) is 0. The summed E-state index contributed by atoms with van der Waals surface area (Å²) in [6.07, 6.45) is -7.63. The van der Waals surface area contributed by atoms with Gasteiger partial charge < -0.3 is 90.4 Å². The van der Waals surface area contributed by atoms with Crippen molar-refractivity contribution >= 4 is 41.8 Å². The minimum Gasteiger partial charge on any atom is -0.481 e. The van der Waals surface area contributed by atoms with Crippen LogP contribution in [0.1, 0.15) is 26.2 Å². The molecule has 0 aromatic carbocycles. The normalized spacial score (nSPS) is 11.0. The van der Waals surface area contributed by atoms with E-state index in [1.54, 1.807) is 6.92 Å². The number of aliphatic hydroxyl groups is 8. The lowest BCUT2D eigenvalue weighted by molar-refractivity contribution is -0.153. The number of aliphatic hydroxyl groups excluding tert-OH is 8. The molecule has 0 aromatic rings. The van der Waals surface area contributed by atoms with Gasteiger partial charge in [-0.05, 0) is 6.92 Å². The Morgan fingerprint density at radius 3 is 0.830 bits per heavy atom. The Labute approximate surface area is 302 Å². The molecule has 0 aliphatic rings. The predicted molar refractivity (Wildman–Crippen MR) is 171 cm³/mol. The molecular weight excluding hydrogens is 736 g/mol. The Kier molecular flexibility index (Phi) is 52.2. The number of carboxylic acids is 6. The first-order chi connectivity index (χ1) is 24.6. The minimum atomic E-state index is -1.79. The third-order valence-corrected chi connectivity index (χ3v) is 3.95. The summed E-state index contributed by atoms with van der Waals surface area (Å²) in [5.74, 6) is -8.95. The first kappa shape index (κ1) is 60.7. The van der Waals surface area contributed by atoms with Crippen LogP contribution < -0.4 is 0 Å². The average molecular weight is 789 g/mol. The van der Waals surface area contributed by atoms with Gasteiger partial charge in [-0.2, -0.15) is 0 Å². The Balaban J connectivity index is -0.000000126. The third-order valence-electron chi connectivity index (χ3n) is 3.95. The number of hydrogen-bond donors (Lipinski definition) is 14. The van der Waals surface area contributed by atoms with E-state index in [1.807, 2.05) is 0 Å². The van der Waals surface area contributed by atoms with Crippen LogP contribution in [0.2, 0.25) is 0 Å². The smallest absolute Gasteiger partial charge is 0.333 e. The molecule has 0 fully saturated rings. The van der Waals surface area contributed by atoms with Crippen LogP contribution in [0.3, 0.4) is 0 Å². The van der Waals surface area contributed by atoms with Crippen molar-refractivity contribution in [2.45, 2.75) is 44.5 Å². The molecule has 0 saturated heterocycles. The maximum Gasteiger partial charge on any atom is 0.333 e. The van der Waals surface area contributed by atoms with Gasteiger partial charge >= 0.3 is 41.8 Å². The van der Waals surface area contributed by atoms with Gasteiger partial charge in [0, 0.05) is 5.57 Å². The Morgan fingerprint density at radius 2 is 0.679 bits per heavy atom. The summed E-state index contributed by atoms with van der Waals surface area (Å²) in [6, 6.07) is 0. The van der Waals surface area contributed by atoms with Crippen molar-refractivity contribution < 1.29 is 124 Å². The van der Waals surface area contributed by atoms with Crippen LogP contribution in [0.15, 0.2) is 12.2 Å². The number of carbonyl (C=O) groups excluding carboxylic acids is 1. The summed E-state index contributed by atoms with van der Waals surface area (Å²) in [6.45, 7) is 7.14. The van der Waals surface area contributed by atoms with Gasteiger partial charge in [0.05, 0.1) is 91.9 Å². The molecule has 0 heterocycles. The molecule has 0 aromatic heterocycles. The second-order valence-electron chi connectivity index (χ2n) is 8.73. The zero-order chi connectivity index (χ0) is 42.8. The van der Waals surface area contributed by atoms with E-state index in [1.165, 1.54) is 0 Å². The largest absolute Gasteiger partial charge is 0.481 e.